The van der Waals surface area contributed by atoms with E-state index in [1.165, 1.54) is 0 Å². The zero-order valence-corrected chi connectivity index (χ0v) is 11.1. The molecule has 0 fully saturated rings. The molecule has 1 aromatic rings. The summed E-state index contributed by atoms with van der Waals surface area (Å²) < 4.78 is 2.00. The molecule has 0 amide bonds. The number of rotatable bonds is 8. The monoisotopic (exact) mass is 240 g/mol. The molecule has 0 saturated heterocycles. The smallest absolute Gasteiger partial charge is 0.122 e. The Hall–Kier alpha value is -0.910. The molecular formula is C12H24N4O. The van der Waals surface area contributed by atoms with Crippen LogP contribution in [0.1, 0.15) is 19.2 Å². The van der Waals surface area contributed by atoms with Gasteiger partial charge in [0.25, 0.3) is 0 Å². The maximum absolute atomic E-state index is 9.81. The molecule has 1 atom stereocenters. The summed E-state index contributed by atoms with van der Waals surface area (Å²) in [6.07, 6.45) is 4.49. The second kappa shape index (κ2) is 7.42. The van der Waals surface area contributed by atoms with E-state index in [4.69, 9.17) is 0 Å². The molecule has 0 bridgehead atoms. The van der Waals surface area contributed by atoms with Crippen LogP contribution in [0.15, 0.2) is 12.4 Å². The van der Waals surface area contributed by atoms with Crippen LogP contribution in [0.5, 0.6) is 0 Å². The first-order chi connectivity index (χ1) is 8.13. The van der Waals surface area contributed by atoms with Crippen molar-refractivity contribution in [3.63, 3.8) is 0 Å². The average molecular weight is 240 g/mol. The number of likely N-dealkylation sites (N-methyl/N-ethyl adjacent to an activating group) is 1. The Morgan fingerprint density at radius 1 is 1.59 bits per heavy atom. The average Bonchev–Trinajstić information content (AvgIpc) is 2.64. The lowest BCUT2D eigenvalue weighted by Gasteiger charge is -2.20. The van der Waals surface area contributed by atoms with Gasteiger partial charge in [-0.3, -0.25) is 4.90 Å². The lowest BCUT2D eigenvalue weighted by molar-refractivity contribution is 0.120. The number of aliphatic hydroxyl groups excluding tert-OH is 1. The third-order valence-corrected chi connectivity index (χ3v) is 2.66. The zero-order valence-electron chi connectivity index (χ0n) is 11.1. The second-order valence-corrected chi connectivity index (χ2v) is 4.51. The molecule has 5 nitrogen and oxygen atoms in total. The summed E-state index contributed by atoms with van der Waals surface area (Å²) in [6, 6.07) is 0. The molecule has 98 valence electrons. The summed E-state index contributed by atoms with van der Waals surface area (Å²) in [5.41, 5.74) is 0. The van der Waals surface area contributed by atoms with Gasteiger partial charge in [0.15, 0.2) is 0 Å². The molecule has 1 heterocycles. The number of aliphatic hydroxyl groups is 1. The molecule has 0 aliphatic heterocycles. The van der Waals surface area contributed by atoms with Gasteiger partial charge in [-0.05, 0) is 20.0 Å². The fourth-order valence-electron chi connectivity index (χ4n) is 1.72. The van der Waals surface area contributed by atoms with Crippen LogP contribution in [0.25, 0.3) is 0 Å². The first-order valence-corrected chi connectivity index (χ1v) is 6.17. The van der Waals surface area contributed by atoms with Crippen molar-refractivity contribution in [1.82, 2.24) is 19.8 Å². The van der Waals surface area contributed by atoms with Crippen molar-refractivity contribution in [1.29, 1.82) is 0 Å². The first kappa shape index (κ1) is 14.2. The standard InChI is InChI=1S/C12H24N4O/c1-4-5-13-8-11(17)9-15(2)10-12-14-6-7-16(12)3/h6-7,11,13,17H,4-5,8-10H2,1-3H3. The summed E-state index contributed by atoms with van der Waals surface area (Å²) in [6.45, 7) is 5.14. The highest BCUT2D eigenvalue weighted by molar-refractivity contribution is 4.90. The van der Waals surface area contributed by atoms with E-state index in [1.807, 2.05) is 24.9 Å². The minimum absolute atomic E-state index is 0.327. The van der Waals surface area contributed by atoms with Crippen molar-refractivity contribution in [3.05, 3.63) is 18.2 Å². The molecule has 17 heavy (non-hydrogen) atoms. The fourth-order valence-corrected chi connectivity index (χ4v) is 1.72. The second-order valence-electron chi connectivity index (χ2n) is 4.51. The molecule has 5 heteroatoms. The molecule has 0 aliphatic carbocycles. The number of hydrogen-bond donors (Lipinski definition) is 2. The van der Waals surface area contributed by atoms with Crippen LogP contribution in [-0.4, -0.2) is 52.3 Å². The number of aromatic nitrogens is 2. The van der Waals surface area contributed by atoms with Crippen LogP contribution in [0.3, 0.4) is 0 Å². The minimum atomic E-state index is -0.327. The maximum atomic E-state index is 9.81. The number of imidazole rings is 1. The van der Waals surface area contributed by atoms with Gasteiger partial charge >= 0.3 is 0 Å². The van der Waals surface area contributed by atoms with E-state index >= 15 is 0 Å². The third-order valence-electron chi connectivity index (χ3n) is 2.66. The van der Waals surface area contributed by atoms with E-state index in [0.717, 1.165) is 25.3 Å². The minimum Gasteiger partial charge on any atom is -0.390 e. The van der Waals surface area contributed by atoms with E-state index in [2.05, 4.69) is 22.1 Å². The van der Waals surface area contributed by atoms with Gasteiger partial charge in [-0.25, -0.2) is 4.98 Å². The molecule has 0 spiro atoms. The van der Waals surface area contributed by atoms with Crippen molar-refractivity contribution in [2.24, 2.45) is 7.05 Å². The topological polar surface area (TPSA) is 53.3 Å². The quantitative estimate of drug-likeness (QED) is 0.638. The van der Waals surface area contributed by atoms with Gasteiger partial charge in [-0.1, -0.05) is 6.92 Å². The van der Waals surface area contributed by atoms with Crippen LogP contribution < -0.4 is 5.32 Å². The Kier molecular flexibility index (Phi) is 6.18. The van der Waals surface area contributed by atoms with Crippen LogP contribution in [-0.2, 0) is 13.6 Å². The highest BCUT2D eigenvalue weighted by Gasteiger charge is 2.09. The van der Waals surface area contributed by atoms with E-state index in [9.17, 15) is 5.11 Å². The Bertz CT molecular complexity index is 313. The predicted molar refractivity (Wildman–Crippen MR) is 68.7 cm³/mol. The fraction of sp³-hybridized carbons (Fsp3) is 0.750. The Morgan fingerprint density at radius 3 is 2.94 bits per heavy atom. The largest absolute Gasteiger partial charge is 0.390 e. The van der Waals surface area contributed by atoms with Gasteiger partial charge in [0.2, 0.25) is 0 Å². The summed E-state index contributed by atoms with van der Waals surface area (Å²) in [4.78, 5) is 6.35. The lowest BCUT2D eigenvalue weighted by Crippen LogP contribution is -2.36. The van der Waals surface area contributed by atoms with Crippen LogP contribution in [0.4, 0.5) is 0 Å². The highest BCUT2D eigenvalue weighted by Crippen LogP contribution is 2.00. The van der Waals surface area contributed by atoms with Gasteiger partial charge in [0.05, 0.1) is 12.6 Å². The summed E-state index contributed by atoms with van der Waals surface area (Å²) >= 11 is 0. The van der Waals surface area contributed by atoms with E-state index in [-0.39, 0.29) is 6.10 Å². The van der Waals surface area contributed by atoms with Crippen molar-refractivity contribution < 1.29 is 5.11 Å². The Labute approximate surface area is 103 Å². The van der Waals surface area contributed by atoms with Crippen molar-refractivity contribution in [3.8, 4) is 0 Å². The SMILES string of the molecule is CCCNCC(O)CN(C)Cc1nccn1C. The van der Waals surface area contributed by atoms with Crippen LogP contribution in [0.2, 0.25) is 0 Å². The van der Waals surface area contributed by atoms with Crippen LogP contribution in [0, 0.1) is 0 Å². The molecular weight excluding hydrogens is 216 g/mol. The molecule has 1 aromatic heterocycles. The molecule has 0 radical (unpaired) electrons. The number of hydrogen-bond acceptors (Lipinski definition) is 4. The molecule has 0 aromatic carbocycles. The zero-order chi connectivity index (χ0) is 12.7. The molecule has 0 saturated carbocycles. The lowest BCUT2D eigenvalue weighted by atomic mass is 10.3. The number of nitrogens with one attached hydrogen (secondary N) is 1. The van der Waals surface area contributed by atoms with E-state index in [0.29, 0.717) is 13.1 Å². The summed E-state index contributed by atoms with van der Waals surface area (Å²) in [5, 5.41) is 13.0. The summed E-state index contributed by atoms with van der Waals surface area (Å²) in [7, 11) is 3.98. The van der Waals surface area contributed by atoms with Crippen molar-refractivity contribution in [2.45, 2.75) is 26.0 Å². The molecule has 1 unspecified atom stereocenters. The van der Waals surface area contributed by atoms with Gasteiger partial charge in [-0.2, -0.15) is 0 Å². The van der Waals surface area contributed by atoms with Gasteiger partial charge < -0.3 is 15.0 Å². The molecule has 1 rings (SSSR count). The highest BCUT2D eigenvalue weighted by atomic mass is 16.3. The predicted octanol–water partition coefficient (Wildman–Crippen LogP) is 0.212. The van der Waals surface area contributed by atoms with Crippen molar-refractivity contribution >= 4 is 0 Å². The maximum Gasteiger partial charge on any atom is 0.122 e. The van der Waals surface area contributed by atoms with Gasteiger partial charge in [0, 0.05) is 32.5 Å². The summed E-state index contributed by atoms with van der Waals surface area (Å²) in [5.74, 6) is 1.02. The van der Waals surface area contributed by atoms with Gasteiger partial charge in [-0.15, -0.1) is 0 Å². The Balaban J connectivity index is 2.24. The Morgan fingerprint density at radius 2 is 2.35 bits per heavy atom. The van der Waals surface area contributed by atoms with Crippen LogP contribution >= 0.6 is 0 Å². The number of aryl methyl sites for hydroxylation is 1. The number of nitrogens with zero attached hydrogens (tertiary/aromatic N) is 3. The normalized spacial score (nSPS) is 13.2. The van der Waals surface area contributed by atoms with E-state index < -0.39 is 0 Å². The van der Waals surface area contributed by atoms with Gasteiger partial charge in [0.1, 0.15) is 5.82 Å². The first-order valence-electron chi connectivity index (χ1n) is 6.17. The van der Waals surface area contributed by atoms with Crippen molar-refractivity contribution in [2.75, 3.05) is 26.7 Å². The molecule has 2 N–H and O–H groups in total. The molecule has 0 aliphatic rings. The third kappa shape index (κ3) is 5.30. The van der Waals surface area contributed by atoms with E-state index in [1.54, 1.807) is 6.20 Å².